The van der Waals surface area contributed by atoms with E-state index in [1.54, 1.807) is 4.90 Å². The van der Waals surface area contributed by atoms with Gasteiger partial charge in [-0.2, -0.15) is 10.5 Å². The molecule has 0 radical (unpaired) electrons. The second kappa shape index (κ2) is 4.11. The van der Waals surface area contributed by atoms with Crippen molar-refractivity contribution in [3.63, 3.8) is 0 Å². The largest absolute Gasteiger partial charge is 0.325 e. The van der Waals surface area contributed by atoms with Gasteiger partial charge in [-0.05, 0) is 19.3 Å². The van der Waals surface area contributed by atoms with Crippen LogP contribution in [0.25, 0.3) is 0 Å². The number of carbonyl (C=O) groups excluding carboxylic acids is 1. The van der Waals surface area contributed by atoms with Crippen LogP contribution in [0.15, 0.2) is 0 Å². The number of hydrogen-bond donors (Lipinski definition) is 1. The Morgan fingerprint density at radius 3 is 2.75 bits per heavy atom. The zero-order valence-corrected chi connectivity index (χ0v) is 8.97. The van der Waals surface area contributed by atoms with E-state index >= 15 is 0 Å². The molecule has 0 bridgehead atoms. The summed E-state index contributed by atoms with van der Waals surface area (Å²) in [4.78, 5) is 13.6. The number of amides is 1. The van der Waals surface area contributed by atoms with Crippen LogP contribution >= 0.6 is 0 Å². The van der Waals surface area contributed by atoms with Gasteiger partial charge in [0.1, 0.15) is 6.04 Å². The lowest BCUT2D eigenvalue weighted by Gasteiger charge is -2.23. The topological polar surface area (TPSA) is 93.9 Å². The molecule has 0 unspecified atom stereocenters. The van der Waals surface area contributed by atoms with Gasteiger partial charge >= 0.3 is 0 Å². The Hall–Kier alpha value is -1.59. The van der Waals surface area contributed by atoms with E-state index in [-0.39, 0.29) is 23.8 Å². The fourth-order valence-corrected chi connectivity index (χ4v) is 2.30. The first kappa shape index (κ1) is 10.9. The van der Waals surface area contributed by atoms with E-state index in [0.717, 1.165) is 12.8 Å². The van der Waals surface area contributed by atoms with Crippen molar-refractivity contribution in [3.8, 4) is 12.1 Å². The smallest absolute Gasteiger partial charge is 0.240 e. The minimum atomic E-state index is -0.599. The molecule has 0 aromatic carbocycles. The van der Waals surface area contributed by atoms with Crippen molar-refractivity contribution in [1.29, 1.82) is 10.5 Å². The first-order valence-corrected chi connectivity index (χ1v) is 5.54. The van der Waals surface area contributed by atoms with Crippen molar-refractivity contribution in [3.05, 3.63) is 0 Å². The van der Waals surface area contributed by atoms with Gasteiger partial charge in [0.2, 0.25) is 5.91 Å². The number of carbonyl (C=O) groups is 1. The first-order valence-electron chi connectivity index (χ1n) is 5.54. The molecular formula is C11H14N4O. The van der Waals surface area contributed by atoms with Crippen LogP contribution in [0.4, 0.5) is 0 Å². The lowest BCUT2D eigenvalue weighted by Crippen LogP contribution is -2.47. The first-order chi connectivity index (χ1) is 7.69. The molecule has 0 spiro atoms. The van der Waals surface area contributed by atoms with Crippen LogP contribution in [0.5, 0.6) is 0 Å². The van der Waals surface area contributed by atoms with Crippen molar-refractivity contribution < 1.29 is 4.79 Å². The third-order valence-corrected chi connectivity index (χ3v) is 3.44. The average molecular weight is 218 g/mol. The van der Waals surface area contributed by atoms with E-state index < -0.39 is 6.04 Å². The van der Waals surface area contributed by atoms with Gasteiger partial charge in [0.05, 0.1) is 24.1 Å². The van der Waals surface area contributed by atoms with Gasteiger partial charge in [-0.1, -0.05) is 0 Å². The van der Waals surface area contributed by atoms with Gasteiger partial charge in [-0.15, -0.1) is 0 Å². The van der Waals surface area contributed by atoms with Crippen molar-refractivity contribution in [2.75, 3.05) is 6.54 Å². The van der Waals surface area contributed by atoms with E-state index in [9.17, 15) is 4.79 Å². The maximum absolute atomic E-state index is 12.0. The molecule has 2 rings (SSSR count). The quantitative estimate of drug-likeness (QED) is 0.705. The molecule has 4 atom stereocenters. The van der Waals surface area contributed by atoms with E-state index in [1.807, 2.05) is 0 Å². The molecular weight excluding hydrogens is 204 g/mol. The number of nitrogens with zero attached hydrogens (tertiary/aromatic N) is 3. The Kier molecular flexibility index (Phi) is 2.80. The normalized spacial score (nSPS) is 33.9. The third kappa shape index (κ3) is 1.75. The number of nitriles is 2. The molecule has 0 aromatic heterocycles. The molecule has 2 aliphatic rings. The van der Waals surface area contributed by atoms with Gasteiger partial charge in [-0.25, -0.2) is 0 Å². The molecule has 1 aliphatic carbocycles. The Labute approximate surface area is 94.4 Å². The highest BCUT2D eigenvalue weighted by Crippen LogP contribution is 2.40. The standard InChI is InChI=1S/C11H14N4O/c12-5-7-4-9(7)10(14)11(16)15-3-1-2-8(15)6-13/h7-10H,1-4,14H2/t7-,8+,9+,10+/m1/s1. The zero-order valence-electron chi connectivity index (χ0n) is 8.97. The van der Waals surface area contributed by atoms with Crippen LogP contribution in [0.1, 0.15) is 19.3 Å². The van der Waals surface area contributed by atoms with Gasteiger partial charge in [0, 0.05) is 12.5 Å². The molecule has 2 fully saturated rings. The summed E-state index contributed by atoms with van der Waals surface area (Å²) in [5.74, 6) is -0.230. The summed E-state index contributed by atoms with van der Waals surface area (Å²) >= 11 is 0. The van der Waals surface area contributed by atoms with Crippen molar-refractivity contribution >= 4 is 5.91 Å². The third-order valence-electron chi connectivity index (χ3n) is 3.44. The molecule has 1 saturated heterocycles. The van der Waals surface area contributed by atoms with Crippen molar-refractivity contribution in [1.82, 2.24) is 4.90 Å². The Balaban J connectivity index is 1.98. The average Bonchev–Trinajstić information content (AvgIpc) is 2.95. The number of nitrogens with two attached hydrogens (primary N) is 1. The number of rotatable bonds is 2. The molecule has 2 N–H and O–H groups in total. The molecule has 84 valence electrons. The van der Waals surface area contributed by atoms with Gasteiger partial charge in [-0.3, -0.25) is 4.79 Å². The molecule has 1 saturated carbocycles. The molecule has 0 aromatic rings. The van der Waals surface area contributed by atoms with Crippen LogP contribution in [-0.2, 0) is 4.79 Å². The molecule has 1 aliphatic heterocycles. The Morgan fingerprint density at radius 2 is 2.19 bits per heavy atom. The molecule has 16 heavy (non-hydrogen) atoms. The lowest BCUT2D eigenvalue weighted by atomic mass is 10.1. The lowest BCUT2D eigenvalue weighted by molar-refractivity contribution is -0.133. The molecule has 5 heteroatoms. The van der Waals surface area contributed by atoms with Crippen LogP contribution < -0.4 is 5.73 Å². The van der Waals surface area contributed by atoms with E-state index in [2.05, 4.69) is 12.1 Å². The minimum Gasteiger partial charge on any atom is -0.325 e. The summed E-state index contributed by atoms with van der Waals surface area (Å²) < 4.78 is 0. The summed E-state index contributed by atoms with van der Waals surface area (Å²) in [6.45, 7) is 0.620. The molecule has 5 nitrogen and oxygen atoms in total. The monoisotopic (exact) mass is 218 g/mol. The van der Waals surface area contributed by atoms with Crippen LogP contribution in [0, 0.1) is 34.5 Å². The predicted octanol–water partition coefficient (Wildman–Crippen LogP) is -0.0120. The SMILES string of the molecule is N#C[C@@H]1CCCN1C(=O)[C@@H](N)[C@H]1C[C@@H]1C#N. The molecule has 1 amide bonds. The number of likely N-dealkylation sites (tertiary alicyclic amines) is 1. The summed E-state index contributed by atoms with van der Waals surface area (Å²) in [6, 6.07) is 3.32. The van der Waals surface area contributed by atoms with Crippen molar-refractivity contribution in [2.24, 2.45) is 17.6 Å². The Bertz CT molecular complexity index is 380. The van der Waals surface area contributed by atoms with Gasteiger partial charge in [0.15, 0.2) is 0 Å². The highest BCUT2D eigenvalue weighted by Gasteiger charge is 2.46. The van der Waals surface area contributed by atoms with E-state index in [4.69, 9.17) is 16.3 Å². The fourth-order valence-electron chi connectivity index (χ4n) is 2.30. The summed E-state index contributed by atoms with van der Waals surface area (Å²) in [7, 11) is 0. The predicted molar refractivity (Wildman–Crippen MR) is 55.5 cm³/mol. The maximum Gasteiger partial charge on any atom is 0.240 e. The van der Waals surface area contributed by atoms with Crippen LogP contribution in [0.3, 0.4) is 0 Å². The maximum atomic E-state index is 12.0. The minimum absolute atomic E-state index is 0.00237. The van der Waals surface area contributed by atoms with Crippen molar-refractivity contribution in [2.45, 2.75) is 31.3 Å². The summed E-state index contributed by atoms with van der Waals surface area (Å²) in [5, 5.41) is 17.6. The fraction of sp³-hybridized carbons (Fsp3) is 0.727. The van der Waals surface area contributed by atoms with E-state index in [0.29, 0.717) is 13.0 Å². The van der Waals surface area contributed by atoms with Crippen LogP contribution in [-0.4, -0.2) is 29.4 Å². The second-order valence-corrected chi connectivity index (χ2v) is 4.48. The zero-order chi connectivity index (χ0) is 11.7. The summed E-state index contributed by atoms with van der Waals surface area (Å²) in [6.07, 6.45) is 2.32. The Morgan fingerprint density at radius 1 is 1.44 bits per heavy atom. The number of hydrogen-bond acceptors (Lipinski definition) is 4. The van der Waals surface area contributed by atoms with Crippen LogP contribution in [0.2, 0.25) is 0 Å². The van der Waals surface area contributed by atoms with Gasteiger partial charge in [0.25, 0.3) is 0 Å². The highest BCUT2D eigenvalue weighted by atomic mass is 16.2. The highest BCUT2D eigenvalue weighted by molar-refractivity contribution is 5.83. The van der Waals surface area contributed by atoms with E-state index in [1.165, 1.54) is 0 Å². The summed E-state index contributed by atoms with van der Waals surface area (Å²) in [5.41, 5.74) is 5.83. The molecule has 1 heterocycles. The van der Waals surface area contributed by atoms with Gasteiger partial charge < -0.3 is 10.6 Å². The second-order valence-electron chi connectivity index (χ2n) is 4.48.